The van der Waals surface area contributed by atoms with Crippen LogP contribution >= 0.6 is 34.5 Å². The Morgan fingerprint density at radius 3 is 2.75 bits per heavy atom. The van der Waals surface area contributed by atoms with Gasteiger partial charge in [-0.1, -0.05) is 29.3 Å². The maximum Gasteiger partial charge on any atom is 0.0916 e. The highest BCUT2D eigenvalue weighted by atomic mass is 35.5. The van der Waals surface area contributed by atoms with Gasteiger partial charge in [0, 0.05) is 30.4 Å². The first-order valence-corrected chi connectivity index (χ1v) is 9.90. The first kappa shape index (κ1) is 16.7. The van der Waals surface area contributed by atoms with Gasteiger partial charge >= 0.3 is 0 Å². The molecule has 0 radical (unpaired) electrons. The average Bonchev–Trinajstić information content (AvgIpc) is 2.93. The molecule has 1 fully saturated rings. The first-order valence-electron chi connectivity index (χ1n) is 8.33. The molecule has 2 aromatic rings. The zero-order valence-corrected chi connectivity index (χ0v) is 15.7. The number of nitrogens with zero attached hydrogens (tertiary/aromatic N) is 1. The Bertz CT molecular complexity index is 728. The van der Waals surface area contributed by atoms with Crippen LogP contribution in [0.1, 0.15) is 28.3 Å². The van der Waals surface area contributed by atoms with Crippen molar-refractivity contribution in [3.05, 3.63) is 50.3 Å². The molecule has 3 nitrogen and oxygen atoms in total. The molecule has 0 bridgehead atoms. The molecule has 24 heavy (non-hydrogen) atoms. The number of rotatable bonds is 2. The fraction of sp³-hybridized carbons (Fsp3) is 0.444. The van der Waals surface area contributed by atoms with E-state index in [0.29, 0.717) is 16.0 Å². The summed E-state index contributed by atoms with van der Waals surface area (Å²) in [5.74, 6) is 0.371. The summed E-state index contributed by atoms with van der Waals surface area (Å²) in [5.41, 5.74) is 2.69. The normalized spacial score (nSPS) is 21.4. The maximum atomic E-state index is 6.26. The molecule has 3 heterocycles. The van der Waals surface area contributed by atoms with Crippen LogP contribution in [0.3, 0.4) is 0 Å². The van der Waals surface area contributed by atoms with E-state index in [2.05, 4.69) is 22.3 Å². The molecular weight excluding hydrogens is 363 g/mol. The molecule has 1 aromatic carbocycles. The van der Waals surface area contributed by atoms with Gasteiger partial charge in [0.25, 0.3) is 0 Å². The quantitative estimate of drug-likeness (QED) is 0.826. The molecule has 0 spiro atoms. The van der Waals surface area contributed by atoms with Crippen LogP contribution in [0.15, 0.2) is 24.3 Å². The second-order valence-electron chi connectivity index (χ2n) is 6.25. The fourth-order valence-electron chi connectivity index (χ4n) is 3.48. The predicted molar refractivity (Wildman–Crippen MR) is 102 cm³/mol. The van der Waals surface area contributed by atoms with E-state index in [1.54, 1.807) is 0 Å². The molecule has 2 aliphatic rings. The van der Waals surface area contributed by atoms with Crippen molar-refractivity contribution < 1.29 is 4.74 Å². The zero-order chi connectivity index (χ0) is 16.5. The Balaban J connectivity index is 1.69. The van der Waals surface area contributed by atoms with Crippen molar-refractivity contribution in [3.63, 3.8) is 0 Å². The molecular formula is C18H20Cl2N2OS. The third kappa shape index (κ3) is 3.31. The molecule has 2 aliphatic heterocycles. The number of nitrogens with one attached hydrogen (secondary N) is 1. The molecule has 1 N–H and O–H groups in total. The molecule has 0 aliphatic carbocycles. The van der Waals surface area contributed by atoms with Crippen molar-refractivity contribution in [2.75, 3.05) is 37.7 Å². The lowest BCUT2D eigenvalue weighted by Gasteiger charge is -2.27. The predicted octanol–water partition coefficient (Wildman–Crippen LogP) is 4.52. The lowest BCUT2D eigenvalue weighted by atomic mass is 9.89. The lowest BCUT2D eigenvalue weighted by Crippen LogP contribution is -2.35. The molecule has 1 aromatic heterocycles. The molecule has 6 heteroatoms. The van der Waals surface area contributed by atoms with E-state index in [9.17, 15) is 0 Å². The topological polar surface area (TPSA) is 24.5 Å². The summed E-state index contributed by atoms with van der Waals surface area (Å²) in [6.07, 6.45) is 1.07. The Labute approximate surface area is 156 Å². The van der Waals surface area contributed by atoms with Crippen molar-refractivity contribution in [1.29, 1.82) is 0 Å². The maximum absolute atomic E-state index is 6.26. The van der Waals surface area contributed by atoms with Crippen molar-refractivity contribution in [3.8, 4) is 0 Å². The summed E-state index contributed by atoms with van der Waals surface area (Å²) >= 11 is 14.3. The molecule has 128 valence electrons. The molecule has 1 saturated heterocycles. The summed E-state index contributed by atoms with van der Waals surface area (Å²) in [6.45, 7) is 5.55. The second-order valence-corrected chi connectivity index (χ2v) is 8.18. The number of halogens is 2. The summed E-state index contributed by atoms with van der Waals surface area (Å²) < 4.78 is 5.48. The number of ether oxygens (including phenoxy) is 1. The minimum atomic E-state index is 0.371. The standard InChI is InChI=1S/C18H20Cl2N2OS/c19-15-2-1-12(9-16(15)20)13-3-4-21-11-17-14(13)10-18(24-17)22-5-7-23-8-6-22/h1-2,9-10,13,21H,3-8,11H2. The summed E-state index contributed by atoms with van der Waals surface area (Å²) in [7, 11) is 0. The first-order chi connectivity index (χ1) is 11.7. The van der Waals surface area contributed by atoms with Gasteiger partial charge in [-0.2, -0.15) is 0 Å². The third-order valence-electron chi connectivity index (χ3n) is 4.77. The number of hydrogen-bond acceptors (Lipinski definition) is 4. The molecule has 1 atom stereocenters. The number of anilines is 1. The Morgan fingerprint density at radius 1 is 1.12 bits per heavy atom. The van der Waals surface area contributed by atoms with E-state index in [4.69, 9.17) is 27.9 Å². The van der Waals surface area contributed by atoms with E-state index in [-0.39, 0.29) is 0 Å². The minimum absolute atomic E-state index is 0.371. The van der Waals surface area contributed by atoms with Crippen LogP contribution in [0.4, 0.5) is 5.00 Å². The van der Waals surface area contributed by atoms with Crippen LogP contribution in [0.25, 0.3) is 0 Å². The van der Waals surface area contributed by atoms with E-state index >= 15 is 0 Å². The van der Waals surface area contributed by atoms with Crippen molar-refractivity contribution in [2.24, 2.45) is 0 Å². The van der Waals surface area contributed by atoms with Crippen LogP contribution in [0.5, 0.6) is 0 Å². The van der Waals surface area contributed by atoms with Gasteiger partial charge in [0.1, 0.15) is 0 Å². The molecule has 1 unspecified atom stereocenters. The summed E-state index contributed by atoms with van der Waals surface area (Å²) in [4.78, 5) is 3.87. The largest absolute Gasteiger partial charge is 0.378 e. The Kier molecular flexibility index (Phi) is 5.02. The van der Waals surface area contributed by atoms with Crippen LogP contribution in [-0.4, -0.2) is 32.8 Å². The average molecular weight is 383 g/mol. The van der Waals surface area contributed by atoms with Gasteiger partial charge in [0.05, 0.1) is 28.3 Å². The SMILES string of the molecule is Clc1ccc(C2CCNCc3sc(N4CCOCC4)cc32)cc1Cl. The van der Waals surface area contributed by atoms with Gasteiger partial charge < -0.3 is 15.0 Å². The van der Waals surface area contributed by atoms with Gasteiger partial charge in [-0.3, -0.25) is 0 Å². The number of hydrogen-bond donors (Lipinski definition) is 1. The van der Waals surface area contributed by atoms with E-state index in [0.717, 1.165) is 45.8 Å². The van der Waals surface area contributed by atoms with Gasteiger partial charge in [-0.15, -0.1) is 11.3 Å². The Morgan fingerprint density at radius 2 is 1.96 bits per heavy atom. The van der Waals surface area contributed by atoms with E-state index in [1.165, 1.54) is 21.0 Å². The lowest BCUT2D eigenvalue weighted by molar-refractivity contribution is 0.123. The van der Waals surface area contributed by atoms with E-state index < -0.39 is 0 Å². The molecule has 0 saturated carbocycles. The van der Waals surface area contributed by atoms with Gasteiger partial charge in [0.15, 0.2) is 0 Å². The molecule has 0 amide bonds. The van der Waals surface area contributed by atoms with Gasteiger partial charge in [-0.25, -0.2) is 0 Å². The van der Waals surface area contributed by atoms with Crippen LogP contribution < -0.4 is 10.2 Å². The second kappa shape index (κ2) is 7.22. The van der Waals surface area contributed by atoms with Gasteiger partial charge in [0.2, 0.25) is 0 Å². The minimum Gasteiger partial charge on any atom is -0.378 e. The Hall–Kier alpha value is -0.780. The van der Waals surface area contributed by atoms with E-state index in [1.807, 2.05) is 23.5 Å². The number of benzene rings is 1. The number of morpholine rings is 1. The highest BCUT2D eigenvalue weighted by Crippen LogP contribution is 2.41. The van der Waals surface area contributed by atoms with Crippen LogP contribution in [-0.2, 0) is 11.3 Å². The van der Waals surface area contributed by atoms with Gasteiger partial charge in [-0.05, 0) is 42.3 Å². The van der Waals surface area contributed by atoms with Crippen molar-refractivity contribution >= 4 is 39.5 Å². The fourth-order valence-corrected chi connectivity index (χ4v) is 5.03. The van der Waals surface area contributed by atoms with Crippen LogP contribution in [0, 0.1) is 0 Å². The summed E-state index contributed by atoms with van der Waals surface area (Å²) in [5, 5.41) is 6.17. The number of fused-ring (bicyclic) bond motifs is 1. The van der Waals surface area contributed by atoms with Crippen LogP contribution in [0.2, 0.25) is 10.0 Å². The summed E-state index contributed by atoms with van der Waals surface area (Å²) in [6, 6.07) is 8.42. The monoisotopic (exact) mass is 382 g/mol. The highest BCUT2D eigenvalue weighted by Gasteiger charge is 2.25. The van der Waals surface area contributed by atoms with Crippen molar-refractivity contribution in [1.82, 2.24) is 5.32 Å². The smallest absolute Gasteiger partial charge is 0.0916 e. The highest BCUT2D eigenvalue weighted by molar-refractivity contribution is 7.16. The number of thiophene rings is 1. The van der Waals surface area contributed by atoms with Crippen molar-refractivity contribution in [2.45, 2.75) is 18.9 Å². The third-order valence-corrected chi connectivity index (χ3v) is 6.72. The zero-order valence-electron chi connectivity index (χ0n) is 13.4. The molecule has 4 rings (SSSR count).